The van der Waals surface area contributed by atoms with Crippen molar-refractivity contribution in [2.75, 3.05) is 18.4 Å². The van der Waals surface area contributed by atoms with E-state index in [1.165, 1.54) is 0 Å². The summed E-state index contributed by atoms with van der Waals surface area (Å²) in [7, 11) is 0. The van der Waals surface area contributed by atoms with Crippen LogP contribution < -0.4 is 5.32 Å². The molecule has 0 aliphatic carbocycles. The van der Waals surface area contributed by atoms with Crippen LogP contribution in [0.15, 0.2) is 71.4 Å². The van der Waals surface area contributed by atoms with E-state index in [1.807, 2.05) is 60.4 Å². The van der Waals surface area contributed by atoms with Crippen LogP contribution in [-0.4, -0.2) is 39.9 Å². The van der Waals surface area contributed by atoms with E-state index in [0.717, 1.165) is 16.5 Å². The maximum Gasteiger partial charge on any atom is 0.253 e. The van der Waals surface area contributed by atoms with Crippen LogP contribution in [0.4, 0.5) is 5.82 Å². The third kappa shape index (κ3) is 4.35. The van der Waals surface area contributed by atoms with Gasteiger partial charge in [-0.3, -0.25) is 9.59 Å². The minimum absolute atomic E-state index is 0.0446. The normalized spacial score (nSPS) is 14.4. The van der Waals surface area contributed by atoms with Gasteiger partial charge in [-0.1, -0.05) is 41.6 Å². The van der Waals surface area contributed by atoms with E-state index in [4.69, 9.17) is 4.52 Å². The van der Waals surface area contributed by atoms with E-state index in [0.29, 0.717) is 48.6 Å². The average molecular weight is 441 g/mol. The summed E-state index contributed by atoms with van der Waals surface area (Å²) in [4.78, 5) is 31.8. The molecule has 4 aromatic rings. The molecule has 5 rings (SSSR count). The van der Waals surface area contributed by atoms with E-state index in [9.17, 15) is 9.59 Å². The third-order valence-corrected chi connectivity index (χ3v) is 6.07. The van der Waals surface area contributed by atoms with Crippen LogP contribution in [0.1, 0.15) is 28.8 Å². The van der Waals surface area contributed by atoms with Crippen molar-refractivity contribution in [3.8, 4) is 11.3 Å². The second-order valence-electron chi connectivity index (χ2n) is 8.39. The van der Waals surface area contributed by atoms with Gasteiger partial charge in [-0.05, 0) is 49.6 Å². The molecule has 0 bridgehead atoms. The maximum atomic E-state index is 13.2. The first-order valence-electron chi connectivity index (χ1n) is 11.1. The molecule has 0 spiro atoms. The van der Waals surface area contributed by atoms with Crippen LogP contribution in [0.5, 0.6) is 0 Å². The molecule has 3 heterocycles. The number of likely N-dealkylation sites (tertiary alicyclic amines) is 1. The Morgan fingerprint density at radius 3 is 2.55 bits per heavy atom. The van der Waals surface area contributed by atoms with Crippen LogP contribution in [0.25, 0.3) is 22.2 Å². The molecule has 7 nitrogen and oxygen atoms in total. The molecular formula is C26H24N4O3. The molecule has 2 aromatic carbocycles. The number of benzene rings is 2. The number of hydrogen-bond acceptors (Lipinski definition) is 5. The Balaban J connectivity index is 1.26. The van der Waals surface area contributed by atoms with Gasteiger partial charge in [0.05, 0.1) is 5.39 Å². The second kappa shape index (κ2) is 8.86. The molecule has 33 heavy (non-hydrogen) atoms. The highest BCUT2D eigenvalue weighted by Gasteiger charge is 2.28. The molecule has 1 aliphatic heterocycles. The summed E-state index contributed by atoms with van der Waals surface area (Å²) in [5, 5.41) is 7.82. The summed E-state index contributed by atoms with van der Waals surface area (Å²) in [5.74, 6) is 0.983. The topological polar surface area (TPSA) is 88.3 Å². The monoisotopic (exact) mass is 440 g/mol. The summed E-state index contributed by atoms with van der Waals surface area (Å²) < 4.78 is 5.55. The molecule has 0 unspecified atom stereocenters. The summed E-state index contributed by atoms with van der Waals surface area (Å²) in [6, 6.07) is 18.9. The van der Waals surface area contributed by atoms with Crippen LogP contribution in [0.3, 0.4) is 0 Å². The minimum atomic E-state index is -0.137. The van der Waals surface area contributed by atoms with Gasteiger partial charge in [-0.2, -0.15) is 0 Å². The van der Waals surface area contributed by atoms with Gasteiger partial charge < -0.3 is 14.7 Å². The summed E-state index contributed by atoms with van der Waals surface area (Å²) >= 11 is 0. The molecule has 7 heteroatoms. The number of carbonyl (C=O) groups excluding carboxylic acids is 2. The number of hydrogen-bond donors (Lipinski definition) is 1. The summed E-state index contributed by atoms with van der Waals surface area (Å²) in [6.07, 6.45) is 2.97. The highest BCUT2D eigenvalue weighted by atomic mass is 16.5. The van der Waals surface area contributed by atoms with Crippen molar-refractivity contribution >= 4 is 28.5 Å². The highest BCUT2D eigenvalue weighted by Crippen LogP contribution is 2.30. The van der Waals surface area contributed by atoms with Gasteiger partial charge in [0.1, 0.15) is 11.3 Å². The molecule has 1 fully saturated rings. The number of piperidine rings is 1. The number of nitrogens with zero attached hydrogens (tertiary/aromatic N) is 3. The van der Waals surface area contributed by atoms with Crippen LogP contribution in [-0.2, 0) is 4.79 Å². The largest absolute Gasteiger partial charge is 0.355 e. The van der Waals surface area contributed by atoms with Gasteiger partial charge >= 0.3 is 0 Å². The minimum Gasteiger partial charge on any atom is -0.355 e. The maximum absolute atomic E-state index is 13.2. The second-order valence-corrected chi connectivity index (χ2v) is 8.39. The molecule has 0 saturated carbocycles. The number of carbonyl (C=O) groups is 2. The Kier molecular flexibility index (Phi) is 5.60. The number of pyridine rings is 1. The first kappa shape index (κ1) is 20.9. The number of rotatable bonds is 4. The lowest BCUT2D eigenvalue weighted by Crippen LogP contribution is -2.41. The quantitative estimate of drug-likeness (QED) is 0.497. The van der Waals surface area contributed by atoms with Crippen molar-refractivity contribution < 1.29 is 14.1 Å². The number of anilines is 1. The van der Waals surface area contributed by atoms with E-state index in [1.54, 1.807) is 18.3 Å². The van der Waals surface area contributed by atoms with Crippen LogP contribution in [0.2, 0.25) is 0 Å². The Hall–Kier alpha value is -4.00. The van der Waals surface area contributed by atoms with Crippen LogP contribution >= 0.6 is 0 Å². The zero-order chi connectivity index (χ0) is 22.8. The number of nitrogens with one attached hydrogen (secondary N) is 1. The average Bonchev–Trinajstić information content (AvgIpc) is 3.29. The molecule has 0 atom stereocenters. The predicted octanol–water partition coefficient (Wildman–Crippen LogP) is 4.69. The molecule has 2 amide bonds. The molecule has 166 valence electrons. The molecular weight excluding hydrogens is 416 g/mol. The molecule has 1 N–H and O–H groups in total. The fraction of sp³-hybridized carbons (Fsp3) is 0.231. The lowest BCUT2D eigenvalue weighted by molar-refractivity contribution is -0.121. The van der Waals surface area contributed by atoms with E-state index >= 15 is 0 Å². The van der Waals surface area contributed by atoms with E-state index in [-0.39, 0.29) is 17.7 Å². The van der Waals surface area contributed by atoms with Gasteiger partial charge in [0.25, 0.3) is 5.91 Å². The number of amides is 2. The smallest absolute Gasteiger partial charge is 0.253 e. The van der Waals surface area contributed by atoms with Crippen molar-refractivity contribution in [1.29, 1.82) is 0 Å². The fourth-order valence-corrected chi connectivity index (χ4v) is 4.17. The van der Waals surface area contributed by atoms with Crippen molar-refractivity contribution in [3.63, 3.8) is 0 Å². The van der Waals surface area contributed by atoms with Gasteiger partial charge in [0, 0.05) is 36.3 Å². The SMILES string of the molecule is Cc1ccc(NC(=O)C2CCN(C(=O)c3ccc4noc(-c5ccccc5)c4c3)CC2)nc1. The Morgan fingerprint density at radius 1 is 1.03 bits per heavy atom. The number of aryl methyl sites for hydroxylation is 1. The lowest BCUT2D eigenvalue weighted by Gasteiger charge is -2.31. The first-order valence-corrected chi connectivity index (χ1v) is 11.1. The van der Waals surface area contributed by atoms with Crippen molar-refractivity contribution in [3.05, 3.63) is 78.0 Å². The standard InChI is InChI=1S/C26H24N4O3/c1-17-7-10-23(27-16-17)28-25(31)19-11-13-30(14-12-19)26(32)20-8-9-22-21(15-20)24(33-29-22)18-5-3-2-4-6-18/h2-10,15-16,19H,11-14H2,1H3,(H,27,28,31). The van der Waals surface area contributed by atoms with E-state index in [2.05, 4.69) is 15.5 Å². The number of aromatic nitrogens is 2. The first-order chi connectivity index (χ1) is 16.1. The predicted molar refractivity (Wildman–Crippen MR) is 126 cm³/mol. The fourth-order valence-electron chi connectivity index (χ4n) is 4.17. The Bertz CT molecular complexity index is 1290. The lowest BCUT2D eigenvalue weighted by atomic mass is 9.95. The molecule has 2 aromatic heterocycles. The van der Waals surface area contributed by atoms with Gasteiger partial charge in [0.2, 0.25) is 5.91 Å². The van der Waals surface area contributed by atoms with E-state index < -0.39 is 0 Å². The zero-order valence-electron chi connectivity index (χ0n) is 18.3. The summed E-state index contributed by atoms with van der Waals surface area (Å²) in [6.45, 7) is 3.02. The highest BCUT2D eigenvalue weighted by molar-refractivity contribution is 6.01. The van der Waals surface area contributed by atoms with Crippen molar-refractivity contribution in [2.45, 2.75) is 19.8 Å². The van der Waals surface area contributed by atoms with Gasteiger partial charge in [-0.15, -0.1) is 0 Å². The summed E-state index contributed by atoms with van der Waals surface area (Å²) in [5.41, 5.74) is 3.26. The number of fused-ring (bicyclic) bond motifs is 1. The molecule has 0 radical (unpaired) electrons. The third-order valence-electron chi connectivity index (χ3n) is 6.07. The van der Waals surface area contributed by atoms with Gasteiger partial charge in [0.15, 0.2) is 5.76 Å². The zero-order valence-corrected chi connectivity index (χ0v) is 18.3. The Labute approximate surface area is 191 Å². The van der Waals surface area contributed by atoms with Crippen LogP contribution in [0, 0.1) is 12.8 Å². The molecule has 1 aliphatic rings. The molecule has 1 saturated heterocycles. The Morgan fingerprint density at radius 2 is 1.82 bits per heavy atom. The van der Waals surface area contributed by atoms with Crippen molar-refractivity contribution in [1.82, 2.24) is 15.0 Å². The van der Waals surface area contributed by atoms with Crippen molar-refractivity contribution in [2.24, 2.45) is 5.92 Å². The van der Waals surface area contributed by atoms with Gasteiger partial charge in [-0.25, -0.2) is 4.98 Å².